The van der Waals surface area contributed by atoms with Gasteiger partial charge >= 0.3 is 0 Å². The quantitative estimate of drug-likeness (QED) is 0.194. The van der Waals surface area contributed by atoms with E-state index in [0.29, 0.717) is 17.6 Å². The lowest BCUT2D eigenvalue weighted by Gasteiger charge is -2.38. The Labute approximate surface area is 292 Å². The summed E-state index contributed by atoms with van der Waals surface area (Å²) in [5, 5.41) is 10.4. The molecule has 5 rings (SSSR count). The number of hydrogen-bond donors (Lipinski definition) is 2. The number of fused-ring (bicyclic) bond motifs is 1. The Hall–Kier alpha value is -2.71. The number of likely N-dealkylation sites (tertiary alicyclic amines) is 1. The fraction of sp³-hybridized carbons (Fsp3) is 0.618. The van der Waals surface area contributed by atoms with Crippen LogP contribution >= 0.6 is 11.6 Å². The fourth-order valence-corrected chi connectivity index (χ4v) is 8.53. The average Bonchev–Trinajstić information content (AvgIpc) is 3.56. The summed E-state index contributed by atoms with van der Waals surface area (Å²) in [7, 11) is -3.72. The third-order valence-corrected chi connectivity index (χ3v) is 16.9. The summed E-state index contributed by atoms with van der Waals surface area (Å²) in [6.07, 6.45) is 6.20. The molecule has 1 fully saturated rings. The summed E-state index contributed by atoms with van der Waals surface area (Å²) in [5.41, 5.74) is 4.99. The topological polar surface area (TPSA) is 124 Å². The van der Waals surface area contributed by atoms with Gasteiger partial charge in [-0.3, -0.25) is 4.68 Å². The minimum atomic E-state index is -3.65. The highest BCUT2D eigenvalue weighted by molar-refractivity contribution is 7.92. The van der Waals surface area contributed by atoms with E-state index in [1.807, 2.05) is 0 Å². The van der Waals surface area contributed by atoms with E-state index < -0.39 is 23.4 Å². The molecule has 2 aliphatic heterocycles. The molecule has 2 aromatic heterocycles. The third-order valence-electron chi connectivity index (χ3n) is 10.0. The molecular weight excluding hydrogens is 666 g/mol. The Bertz CT molecular complexity index is 1750. The number of ether oxygens (including phenoxy) is 1. The van der Waals surface area contributed by atoms with Crippen LogP contribution in [-0.4, -0.2) is 79.0 Å². The summed E-state index contributed by atoms with van der Waals surface area (Å²) < 4.78 is 40.2. The van der Waals surface area contributed by atoms with E-state index in [1.54, 1.807) is 27.1 Å². The second kappa shape index (κ2) is 13.9. The van der Waals surface area contributed by atoms with Crippen molar-refractivity contribution < 1.29 is 17.6 Å². The lowest BCUT2D eigenvalue weighted by atomic mass is 9.82. The molecule has 2 aliphatic rings. The molecule has 0 amide bonds. The van der Waals surface area contributed by atoms with Crippen LogP contribution in [0.5, 0.6) is 5.75 Å². The summed E-state index contributed by atoms with van der Waals surface area (Å²) in [5.74, 6) is 1.89. The second-order valence-electron chi connectivity index (χ2n) is 15.1. The molecule has 0 radical (unpaired) electrons. The van der Waals surface area contributed by atoms with Crippen LogP contribution in [-0.2, 0) is 27.7 Å². The second-order valence-corrected chi connectivity index (χ2v) is 22.7. The lowest BCUT2D eigenvalue weighted by molar-refractivity contribution is 0.166. The highest BCUT2D eigenvalue weighted by Gasteiger charge is 2.37. The highest BCUT2D eigenvalue weighted by atomic mass is 35.5. The smallest absolute Gasteiger partial charge is 0.229 e. The first-order valence-corrected chi connectivity index (χ1v) is 21.7. The predicted octanol–water partition coefficient (Wildman–Crippen LogP) is 7.37. The third kappa shape index (κ3) is 7.70. The summed E-state index contributed by atoms with van der Waals surface area (Å²) in [6.45, 7) is 22.9. The van der Waals surface area contributed by atoms with Gasteiger partial charge in [-0.2, -0.15) is 10.1 Å². The van der Waals surface area contributed by atoms with Gasteiger partial charge in [-0.15, -0.1) is 0 Å². The number of nitrogens with one attached hydrogen (secondary N) is 2. The molecule has 3 aromatic rings. The summed E-state index contributed by atoms with van der Waals surface area (Å²) in [6, 6.07) is 2.13. The molecule has 1 saturated heterocycles. The van der Waals surface area contributed by atoms with E-state index in [-0.39, 0.29) is 27.0 Å². The van der Waals surface area contributed by atoms with Crippen LogP contribution in [0.15, 0.2) is 23.5 Å². The number of aromatic nitrogens is 4. The van der Waals surface area contributed by atoms with Gasteiger partial charge in [0.2, 0.25) is 20.8 Å². The number of aryl methyl sites for hydroxylation is 2. The van der Waals surface area contributed by atoms with Gasteiger partial charge in [0, 0.05) is 38.4 Å². The Morgan fingerprint density at radius 3 is 2.50 bits per heavy atom. The first-order chi connectivity index (χ1) is 22.4. The van der Waals surface area contributed by atoms with Crippen molar-refractivity contribution in [2.45, 2.75) is 108 Å². The van der Waals surface area contributed by atoms with E-state index in [4.69, 9.17) is 20.8 Å². The first kappa shape index (κ1) is 36.6. The van der Waals surface area contributed by atoms with Gasteiger partial charge in [0.25, 0.3) is 0 Å². The average molecular weight is 718 g/mol. The van der Waals surface area contributed by atoms with Crippen LogP contribution in [0.25, 0.3) is 0 Å². The molecule has 0 unspecified atom stereocenters. The Balaban J connectivity index is 1.32. The molecule has 4 heterocycles. The van der Waals surface area contributed by atoms with Crippen molar-refractivity contribution in [1.82, 2.24) is 24.6 Å². The van der Waals surface area contributed by atoms with Crippen molar-refractivity contribution in [1.29, 1.82) is 0 Å². The van der Waals surface area contributed by atoms with Gasteiger partial charge in [0.15, 0.2) is 14.1 Å². The van der Waals surface area contributed by atoms with Crippen LogP contribution in [0.3, 0.4) is 0 Å². The van der Waals surface area contributed by atoms with Gasteiger partial charge in [-0.1, -0.05) is 32.4 Å². The minimum absolute atomic E-state index is 0.0547. The molecule has 14 heteroatoms. The zero-order chi connectivity index (χ0) is 35.2. The standard InChI is InChI=1S/C34H52ClN7O4SSi/c1-21(2)47(43,44)32-28(20-41(8)40-32)37-31-26(35)19-36-33(39-31)38-27-17-22(3)29(25-18-23(4)46-30(25)27)24-11-13-42(14-12-24)15-16-45-48(9,10)34(5,6)7/h17,19-21,23-24H,11-16,18H2,1-10H3,(H2,36,37,38,39)/t23-/m1/s1. The van der Waals surface area contributed by atoms with Gasteiger partial charge in [0.05, 0.1) is 22.8 Å². The van der Waals surface area contributed by atoms with Crippen LogP contribution in [0.1, 0.15) is 77.0 Å². The van der Waals surface area contributed by atoms with Crippen molar-refractivity contribution in [3.05, 3.63) is 40.2 Å². The van der Waals surface area contributed by atoms with Gasteiger partial charge < -0.3 is 24.7 Å². The highest BCUT2D eigenvalue weighted by Crippen LogP contribution is 2.46. The molecule has 1 aromatic carbocycles. The molecule has 2 N–H and O–H groups in total. The van der Waals surface area contributed by atoms with Crippen LogP contribution < -0.4 is 15.4 Å². The minimum Gasteiger partial charge on any atom is -0.488 e. The Kier molecular flexibility index (Phi) is 10.6. The fourth-order valence-electron chi connectivity index (χ4n) is 6.25. The van der Waals surface area contributed by atoms with E-state index in [2.05, 4.69) is 84.4 Å². The normalized spacial score (nSPS) is 17.9. The van der Waals surface area contributed by atoms with Gasteiger partial charge in [0.1, 0.15) is 16.9 Å². The molecule has 0 spiro atoms. The SMILES string of the molecule is Cc1cc(Nc2ncc(Cl)c(Nc3cn(C)nc3S(=O)(=O)C(C)C)n2)c2c(c1C1CCN(CCO[Si](C)(C)C(C)(C)C)CC1)C[C@@H](C)O2. The van der Waals surface area contributed by atoms with Crippen LogP contribution in [0, 0.1) is 6.92 Å². The van der Waals surface area contributed by atoms with E-state index >= 15 is 0 Å². The predicted molar refractivity (Wildman–Crippen MR) is 196 cm³/mol. The van der Waals surface area contributed by atoms with E-state index in [9.17, 15) is 8.42 Å². The van der Waals surface area contributed by atoms with Gasteiger partial charge in [-0.05, 0) is 94.9 Å². The van der Waals surface area contributed by atoms with Crippen molar-refractivity contribution in [2.24, 2.45) is 7.05 Å². The number of anilines is 4. The number of hydrogen-bond acceptors (Lipinski definition) is 10. The number of rotatable bonds is 11. The molecule has 0 saturated carbocycles. The first-order valence-electron chi connectivity index (χ1n) is 16.9. The number of halogens is 1. The molecule has 0 bridgehead atoms. The lowest BCUT2D eigenvalue weighted by Crippen LogP contribution is -2.43. The summed E-state index contributed by atoms with van der Waals surface area (Å²) in [4.78, 5) is 11.6. The monoisotopic (exact) mass is 717 g/mol. The molecule has 264 valence electrons. The molecule has 48 heavy (non-hydrogen) atoms. The number of nitrogens with zero attached hydrogens (tertiary/aromatic N) is 5. The largest absolute Gasteiger partial charge is 0.488 e. The maximum atomic E-state index is 13.0. The molecule has 0 aliphatic carbocycles. The molecular formula is C34H52ClN7O4SSi. The maximum absolute atomic E-state index is 13.0. The Morgan fingerprint density at radius 2 is 1.85 bits per heavy atom. The van der Waals surface area contributed by atoms with Crippen molar-refractivity contribution in [3.8, 4) is 5.75 Å². The summed E-state index contributed by atoms with van der Waals surface area (Å²) >= 11 is 6.48. The molecule has 1 atom stereocenters. The Morgan fingerprint density at radius 1 is 1.17 bits per heavy atom. The molecule has 11 nitrogen and oxygen atoms in total. The van der Waals surface area contributed by atoms with Gasteiger partial charge in [-0.25, -0.2) is 13.4 Å². The van der Waals surface area contributed by atoms with Crippen LogP contribution in [0.2, 0.25) is 23.2 Å². The van der Waals surface area contributed by atoms with E-state index in [0.717, 1.165) is 56.9 Å². The number of piperidine rings is 1. The van der Waals surface area contributed by atoms with Crippen LogP contribution in [0.4, 0.5) is 23.1 Å². The van der Waals surface area contributed by atoms with Crippen molar-refractivity contribution in [3.63, 3.8) is 0 Å². The number of sulfone groups is 1. The zero-order valence-electron chi connectivity index (χ0n) is 30.1. The number of benzene rings is 1. The van der Waals surface area contributed by atoms with Crippen molar-refractivity contribution >= 4 is 52.9 Å². The maximum Gasteiger partial charge on any atom is 0.229 e. The zero-order valence-corrected chi connectivity index (χ0v) is 32.6. The van der Waals surface area contributed by atoms with Crippen molar-refractivity contribution in [2.75, 3.05) is 36.9 Å². The van der Waals surface area contributed by atoms with E-state index in [1.165, 1.54) is 27.6 Å².